The van der Waals surface area contributed by atoms with Crippen molar-refractivity contribution in [1.29, 1.82) is 0 Å². The van der Waals surface area contributed by atoms with Gasteiger partial charge in [-0.15, -0.1) is 0 Å². The van der Waals surface area contributed by atoms with E-state index in [4.69, 9.17) is 4.74 Å². The van der Waals surface area contributed by atoms with Crippen molar-refractivity contribution >= 4 is 16.8 Å². The van der Waals surface area contributed by atoms with Gasteiger partial charge in [-0.2, -0.15) is 0 Å². The molecule has 1 aromatic heterocycles. The third-order valence-corrected chi connectivity index (χ3v) is 3.66. The number of hydrogen-bond acceptors (Lipinski definition) is 3. The number of carbonyl (C=O) groups is 1. The zero-order valence-corrected chi connectivity index (χ0v) is 11.6. The second-order valence-corrected chi connectivity index (χ2v) is 5.19. The Morgan fingerprint density at radius 1 is 1.41 bits per heavy atom. The first kappa shape index (κ1) is 14.6. The van der Waals surface area contributed by atoms with Crippen molar-refractivity contribution in [2.45, 2.75) is 18.9 Å². The van der Waals surface area contributed by atoms with E-state index < -0.39 is 23.0 Å². The summed E-state index contributed by atoms with van der Waals surface area (Å²) in [7, 11) is 0. The van der Waals surface area contributed by atoms with Crippen LogP contribution >= 0.6 is 0 Å². The fraction of sp³-hybridized carbons (Fsp3) is 0.333. The van der Waals surface area contributed by atoms with Gasteiger partial charge in [-0.3, -0.25) is 9.59 Å². The summed E-state index contributed by atoms with van der Waals surface area (Å²) >= 11 is 0. The molecule has 22 heavy (non-hydrogen) atoms. The Morgan fingerprint density at radius 3 is 2.95 bits per heavy atom. The molecular formula is C15H14F2N2O3. The number of hydrogen-bond donors (Lipinski definition) is 2. The van der Waals surface area contributed by atoms with Gasteiger partial charge < -0.3 is 15.0 Å². The van der Waals surface area contributed by atoms with E-state index in [1.54, 1.807) is 0 Å². The SMILES string of the molecule is O=C(NCC1CCCO1)c1c[nH]c2cc(F)cc(F)c2c1=O. The third-order valence-electron chi connectivity index (χ3n) is 3.66. The zero-order chi connectivity index (χ0) is 15.7. The molecule has 2 aromatic rings. The first-order chi connectivity index (χ1) is 10.6. The van der Waals surface area contributed by atoms with Crippen LogP contribution < -0.4 is 10.7 Å². The molecule has 0 saturated carbocycles. The second-order valence-electron chi connectivity index (χ2n) is 5.19. The quantitative estimate of drug-likeness (QED) is 0.907. The van der Waals surface area contributed by atoms with Gasteiger partial charge in [0, 0.05) is 25.4 Å². The van der Waals surface area contributed by atoms with Crippen LogP contribution in [-0.2, 0) is 4.74 Å². The molecule has 1 aliphatic rings. The van der Waals surface area contributed by atoms with Gasteiger partial charge in [-0.1, -0.05) is 0 Å². The van der Waals surface area contributed by atoms with E-state index in [1.165, 1.54) is 0 Å². The first-order valence-corrected chi connectivity index (χ1v) is 6.96. The lowest BCUT2D eigenvalue weighted by atomic mass is 10.1. The number of aromatic nitrogens is 1. The van der Waals surface area contributed by atoms with E-state index in [-0.39, 0.29) is 22.6 Å². The fourth-order valence-corrected chi connectivity index (χ4v) is 2.54. The molecule has 0 spiro atoms. The molecular weight excluding hydrogens is 294 g/mol. The first-order valence-electron chi connectivity index (χ1n) is 6.96. The number of halogens is 2. The monoisotopic (exact) mass is 308 g/mol. The number of ether oxygens (including phenoxy) is 1. The number of rotatable bonds is 3. The summed E-state index contributed by atoms with van der Waals surface area (Å²) < 4.78 is 32.3. The normalized spacial score (nSPS) is 17.8. The van der Waals surface area contributed by atoms with Crippen LogP contribution in [-0.4, -0.2) is 30.1 Å². The van der Waals surface area contributed by atoms with Gasteiger partial charge in [-0.05, 0) is 18.9 Å². The minimum Gasteiger partial charge on any atom is -0.376 e. The molecule has 1 saturated heterocycles. The number of pyridine rings is 1. The van der Waals surface area contributed by atoms with Crippen LogP contribution in [0, 0.1) is 11.6 Å². The van der Waals surface area contributed by atoms with Gasteiger partial charge in [0.2, 0.25) is 5.43 Å². The predicted molar refractivity (Wildman–Crippen MR) is 75.8 cm³/mol. The molecule has 1 atom stereocenters. The minimum atomic E-state index is -0.995. The highest BCUT2D eigenvalue weighted by molar-refractivity contribution is 5.97. The molecule has 5 nitrogen and oxygen atoms in total. The van der Waals surface area contributed by atoms with Gasteiger partial charge in [0.05, 0.1) is 17.0 Å². The average molecular weight is 308 g/mol. The summed E-state index contributed by atoms with van der Waals surface area (Å²) in [4.78, 5) is 26.9. The van der Waals surface area contributed by atoms with Gasteiger partial charge >= 0.3 is 0 Å². The minimum absolute atomic E-state index is 0.0122. The van der Waals surface area contributed by atoms with Crippen LogP contribution in [0.5, 0.6) is 0 Å². The Morgan fingerprint density at radius 2 is 2.23 bits per heavy atom. The number of aromatic amines is 1. The molecule has 3 rings (SSSR count). The average Bonchev–Trinajstić information content (AvgIpc) is 2.97. The fourth-order valence-electron chi connectivity index (χ4n) is 2.54. The zero-order valence-electron chi connectivity index (χ0n) is 11.6. The van der Waals surface area contributed by atoms with Crippen LogP contribution in [0.25, 0.3) is 10.9 Å². The molecule has 0 bridgehead atoms. The summed E-state index contributed by atoms with van der Waals surface area (Å²) in [6.45, 7) is 0.954. The Balaban J connectivity index is 1.89. The Hall–Kier alpha value is -2.28. The van der Waals surface area contributed by atoms with Crippen LogP contribution in [0.4, 0.5) is 8.78 Å². The molecule has 2 heterocycles. The van der Waals surface area contributed by atoms with Crippen molar-refractivity contribution in [2.75, 3.05) is 13.2 Å². The van der Waals surface area contributed by atoms with E-state index in [0.717, 1.165) is 25.1 Å². The van der Waals surface area contributed by atoms with E-state index >= 15 is 0 Å². The molecule has 0 radical (unpaired) electrons. The number of benzene rings is 1. The largest absolute Gasteiger partial charge is 0.376 e. The molecule has 116 valence electrons. The predicted octanol–water partition coefficient (Wildman–Crippen LogP) is 1.72. The molecule has 1 unspecified atom stereocenters. The third kappa shape index (κ3) is 2.71. The van der Waals surface area contributed by atoms with Crippen molar-refractivity contribution in [1.82, 2.24) is 10.3 Å². The van der Waals surface area contributed by atoms with E-state index in [2.05, 4.69) is 10.3 Å². The van der Waals surface area contributed by atoms with E-state index in [0.29, 0.717) is 19.2 Å². The van der Waals surface area contributed by atoms with Gasteiger partial charge in [0.1, 0.15) is 17.2 Å². The summed E-state index contributed by atoms with van der Waals surface area (Å²) in [5.74, 6) is -2.40. The van der Waals surface area contributed by atoms with E-state index in [9.17, 15) is 18.4 Å². The highest BCUT2D eigenvalue weighted by Gasteiger charge is 2.19. The summed E-state index contributed by atoms with van der Waals surface area (Å²) in [6.07, 6.45) is 2.89. The van der Waals surface area contributed by atoms with Crippen LogP contribution in [0.2, 0.25) is 0 Å². The Bertz CT molecular complexity index is 782. The van der Waals surface area contributed by atoms with Crippen molar-refractivity contribution < 1.29 is 18.3 Å². The molecule has 1 amide bonds. The highest BCUT2D eigenvalue weighted by atomic mass is 19.1. The highest BCUT2D eigenvalue weighted by Crippen LogP contribution is 2.15. The maximum absolute atomic E-state index is 13.8. The summed E-state index contributed by atoms with van der Waals surface area (Å²) in [5.41, 5.74) is -0.967. The maximum Gasteiger partial charge on any atom is 0.256 e. The van der Waals surface area contributed by atoms with E-state index in [1.807, 2.05) is 0 Å². The van der Waals surface area contributed by atoms with Gasteiger partial charge in [0.15, 0.2) is 0 Å². The Labute approximate surface area is 124 Å². The number of H-pyrrole nitrogens is 1. The van der Waals surface area contributed by atoms with Gasteiger partial charge in [0.25, 0.3) is 5.91 Å². The number of fused-ring (bicyclic) bond motifs is 1. The smallest absolute Gasteiger partial charge is 0.256 e. The Kier molecular flexibility index (Phi) is 3.89. The standard InChI is InChI=1S/C15H14F2N2O3/c16-8-4-11(17)13-12(5-8)18-7-10(14(13)20)15(21)19-6-9-2-1-3-22-9/h4-5,7,9H,1-3,6H2,(H,18,20)(H,19,21). The maximum atomic E-state index is 13.8. The topological polar surface area (TPSA) is 71.2 Å². The number of amides is 1. The molecule has 7 heteroatoms. The molecule has 0 aliphatic carbocycles. The van der Waals surface area contributed by atoms with Crippen molar-refractivity contribution in [3.05, 3.63) is 45.8 Å². The van der Waals surface area contributed by atoms with Crippen LogP contribution in [0.3, 0.4) is 0 Å². The van der Waals surface area contributed by atoms with Crippen molar-refractivity contribution in [3.63, 3.8) is 0 Å². The second kappa shape index (κ2) is 5.84. The van der Waals surface area contributed by atoms with Crippen molar-refractivity contribution in [2.24, 2.45) is 0 Å². The lowest BCUT2D eigenvalue weighted by Crippen LogP contribution is -2.34. The number of nitrogens with one attached hydrogen (secondary N) is 2. The lowest BCUT2D eigenvalue weighted by molar-refractivity contribution is 0.0857. The molecule has 1 fully saturated rings. The van der Waals surface area contributed by atoms with Gasteiger partial charge in [-0.25, -0.2) is 8.78 Å². The summed E-state index contributed by atoms with van der Waals surface area (Å²) in [6, 6.07) is 1.62. The van der Waals surface area contributed by atoms with Crippen molar-refractivity contribution in [3.8, 4) is 0 Å². The molecule has 1 aromatic carbocycles. The van der Waals surface area contributed by atoms with Crippen LogP contribution in [0.1, 0.15) is 23.2 Å². The number of carbonyl (C=O) groups excluding carboxylic acids is 1. The lowest BCUT2D eigenvalue weighted by Gasteiger charge is -2.11. The molecule has 2 N–H and O–H groups in total. The van der Waals surface area contributed by atoms with Crippen LogP contribution in [0.15, 0.2) is 23.1 Å². The molecule has 1 aliphatic heterocycles. The summed E-state index contributed by atoms with van der Waals surface area (Å²) in [5, 5.41) is 2.27.